The van der Waals surface area contributed by atoms with Gasteiger partial charge in [0.05, 0.1) is 12.2 Å². The molecule has 0 fully saturated rings. The van der Waals surface area contributed by atoms with Crippen molar-refractivity contribution in [3.63, 3.8) is 0 Å². The predicted octanol–water partition coefficient (Wildman–Crippen LogP) is 4.22. The molecule has 2 aromatic carbocycles. The average Bonchev–Trinajstić information content (AvgIpc) is 2.38. The Morgan fingerprint density at radius 3 is 2.63 bits per heavy atom. The fourth-order valence-electron chi connectivity index (χ4n) is 2.33. The Bertz CT molecular complexity index is 585. The lowest BCUT2D eigenvalue weighted by molar-refractivity contribution is 0.0526. The molecule has 0 aliphatic heterocycles. The molecule has 0 saturated carbocycles. The van der Waals surface area contributed by atoms with Gasteiger partial charge < -0.3 is 4.74 Å². The van der Waals surface area contributed by atoms with Gasteiger partial charge in [-0.05, 0) is 47.7 Å². The maximum Gasteiger partial charge on any atom is 0.338 e. The zero-order chi connectivity index (χ0) is 13.8. The Morgan fingerprint density at radius 2 is 1.95 bits per heavy atom. The van der Waals surface area contributed by atoms with Crippen LogP contribution in [0.3, 0.4) is 0 Å². The van der Waals surface area contributed by atoms with Crippen LogP contribution in [0.2, 0.25) is 0 Å². The zero-order valence-corrected chi connectivity index (χ0v) is 11.8. The maximum absolute atomic E-state index is 11.9. The van der Waals surface area contributed by atoms with Crippen LogP contribution in [-0.4, -0.2) is 12.6 Å². The number of benzene rings is 2. The van der Waals surface area contributed by atoms with E-state index in [1.54, 1.807) is 0 Å². The second-order valence-corrected chi connectivity index (χ2v) is 5.17. The van der Waals surface area contributed by atoms with Crippen molar-refractivity contribution in [3.05, 3.63) is 47.5 Å². The summed E-state index contributed by atoms with van der Waals surface area (Å²) in [6, 6.07) is 12.1. The molecule has 0 spiro atoms. The monoisotopic (exact) mass is 256 g/mol. The molecular formula is C17H20O2. The van der Waals surface area contributed by atoms with Crippen LogP contribution >= 0.6 is 0 Å². The molecule has 0 atom stereocenters. The number of carbonyl (C=O) groups excluding carboxylic acids is 1. The molecule has 2 aromatic rings. The minimum absolute atomic E-state index is 0.238. The van der Waals surface area contributed by atoms with Crippen molar-refractivity contribution in [2.24, 2.45) is 5.92 Å². The van der Waals surface area contributed by atoms with E-state index in [1.807, 2.05) is 37.3 Å². The van der Waals surface area contributed by atoms with Crippen molar-refractivity contribution in [2.75, 3.05) is 6.61 Å². The first-order valence-corrected chi connectivity index (χ1v) is 6.80. The van der Waals surface area contributed by atoms with Gasteiger partial charge in [-0.2, -0.15) is 0 Å². The first-order valence-electron chi connectivity index (χ1n) is 6.80. The highest BCUT2D eigenvalue weighted by Gasteiger charge is 2.11. The third kappa shape index (κ3) is 3.14. The van der Waals surface area contributed by atoms with E-state index in [1.165, 1.54) is 10.9 Å². The summed E-state index contributed by atoms with van der Waals surface area (Å²) >= 11 is 0. The van der Waals surface area contributed by atoms with Crippen molar-refractivity contribution in [1.29, 1.82) is 0 Å². The van der Waals surface area contributed by atoms with Crippen LogP contribution in [0.1, 0.15) is 36.7 Å². The standard InChI is InChI=1S/C17H20O2/c1-4-19-17(18)15-10-13-7-5-6-8-16(13)14(11-15)9-12(2)3/h5-8,10-12H,4,9H2,1-3H3. The predicted molar refractivity (Wildman–Crippen MR) is 78.4 cm³/mol. The summed E-state index contributed by atoms with van der Waals surface area (Å²) in [5.41, 5.74) is 1.87. The van der Waals surface area contributed by atoms with E-state index >= 15 is 0 Å². The second kappa shape index (κ2) is 5.87. The Hall–Kier alpha value is -1.83. The van der Waals surface area contributed by atoms with Gasteiger partial charge in [0.2, 0.25) is 0 Å². The molecule has 2 heteroatoms. The lowest BCUT2D eigenvalue weighted by Gasteiger charge is -2.11. The van der Waals surface area contributed by atoms with Gasteiger partial charge in [0.25, 0.3) is 0 Å². The normalized spacial score (nSPS) is 10.9. The molecule has 0 heterocycles. The summed E-state index contributed by atoms with van der Waals surface area (Å²) < 4.78 is 5.10. The van der Waals surface area contributed by atoms with Gasteiger partial charge in [-0.1, -0.05) is 38.1 Å². The van der Waals surface area contributed by atoms with Gasteiger partial charge in [-0.15, -0.1) is 0 Å². The fourth-order valence-corrected chi connectivity index (χ4v) is 2.33. The van der Waals surface area contributed by atoms with E-state index in [2.05, 4.69) is 19.9 Å². The molecule has 0 amide bonds. The lowest BCUT2D eigenvalue weighted by atomic mass is 9.94. The minimum atomic E-state index is -0.238. The largest absolute Gasteiger partial charge is 0.462 e. The van der Waals surface area contributed by atoms with Gasteiger partial charge in [-0.3, -0.25) is 0 Å². The molecule has 0 aliphatic carbocycles. The van der Waals surface area contributed by atoms with Gasteiger partial charge >= 0.3 is 5.97 Å². The van der Waals surface area contributed by atoms with E-state index in [0.29, 0.717) is 18.1 Å². The quantitative estimate of drug-likeness (QED) is 0.766. The van der Waals surface area contributed by atoms with E-state index < -0.39 is 0 Å². The lowest BCUT2D eigenvalue weighted by Crippen LogP contribution is -2.06. The summed E-state index contributed by atoms with van der Waals surface area (Å²) in [7, 11) is 0. The molecule has 0 aliphatic rings. The Kier molecular flexibility index (Phi) is 4.20. The molecule has 0 bridgehead atoms. The van der Waals surface area contributed by atoms with Crippen molar-refractivity contribution >= 4 is 16.7 Å². The Labute approximate surface area is 114 Å². The average molecular weight is 256 g/mol. The number of carbonyl (C=O) groups is 1. The van der Waals surface area contributed by atoms with E-state index in [-0.39, 0.29) is 5.97 Å². The Balaban J connectivity index is 2.53. The Morgan fingerprint density at radius 1 is 1.21 bits per heavy atom. The van der Waals surface area contributed by atoms with Crippen LogP contribution in [-0.2, 0) is 11.2 Å². The summed E-state index contributed by atoms with van der Waals surface area (Å²) in [6.45, 7) is 6.61. The van der Waals surface area contributed by atoms with Crippen molar-refractivity contribution in [2.45, 2.75) is 27.2 Å². The van der Waals surface area contributed by atoms with Crippen LogP contribution in [0.4, 0.5) is 0 Å². The number of fused-ring (bicyclic) bond motifs is 1. The number of hydrogen-bond acceptors (Lipinski definition) is 2. The highest BCUT2D eigenvalue weighted by molar-refractivity contribution is 5.97. The van der Waals surface area contributed by atoms with Gasteiger partial charge in [0.1, 0.15) is 0 Å². The van der Waals surface area contributed by atoms with Crippen LogP contribution in [0.5, 0.6) is 0 Å². The van der Waals surface area contributed by atoms with Crippen LogP contribution in [0.15, 0.2) is 36.4 Å². The topological polar surface area (TPSA) is 26.3 Å². The van der Waals surface area contributed by atoms with Crippen molar-refractivity contribution < 1.29 is 9.53 Å². The molecule has 0 N–H and O–H groups in total. The summed E-state index contributed by atoms with van der Waals surface area (Å²) in [5.74, 6) is 0.319. The third-order valence-electron chi connectivity index (χ3n) is 3.09. The van der Waals surface area contributed by atoms with E-state index in [9.17, 15) is 4.79 Å². The van der Waals surface area contributed by atoms with E-state index in [0.717, 1.165) is 11.8 Å². The zero-order valence-electron chi connectivity index (χ0n) is 11.8. The fraction of sp³-hybridized carbons (Fsp3) is 0.353. The third-order valence-corrected chi connectivity index (χ3v) is 3.09. The molecule has 0 unspecified atom stereocenters. The number of rotatable bonds is 4. The second-order valence-electron chi connectivity index (χ2n) is 5.17. The summed E-state index contributed by atoms with van der Waals surface area (Å²) in [5, 5.41) is 2.33. The highest BCUT2D eigenvalue weighted by atomic mass is 16.5. The van der Waals surface area contributed by atoms with Crippen LogP contribution < -0.4 is 0 Å². The minimum Gasteiger partial charge on any atom is -0.462 e. The van der Waals surface area contributed by atoms with Gasteiger partial charge in [-0.25, -0.2) is 4.79 Å². The van der Waals surface area contributed by atoms with Gasteiger partial charge in [0.15, 0.2) is 0 Å². The molecule has 0 saturated heterocycles. The van der Waals surface area contributed by atoms with E-state index in [4.69, 9.17) is 4.74 Å². The number of ether oxygens (including phenoxy) is 1. The van der Waals surface area contributed by atoms with Crippen LogP contribution in [0.25, 0.3) is 10.8 Å². The maximum atomic E-state index is 11.9. The molecule has 0 aromatic heterocycles. The van der Waals surface area contributed by atoms with Gasteiger partial charge in [0, 0.05) is 0 Å². The van der Waals surface area contributed by atoms with Crippen molar-refractivity contribution in [3.8, 4) is 0 Å². The number of esters is 1. The number of hydrogen-bond donors (Lipinski definition) is 0. The first kappa shape index (κ1) is 13.6. The molecule has 2 nitrogen and oxygen atoms in total. The van der Waals surface area contributed by atoms with Crippen molar-refractivity contribution in [1.82, 2.24) is 0 Å². The van der Waals surface area contributed by atoms with Crippen LogP contribution in [0, 0.1) is 5.92 Å². The summed E-state index contributed by atoms with van der Waals surface area (Å²) in [6.07, 6.45) is 0.966. The smallest absolute Gasteiger partial charge is 0.338 e. The highest BCUT2D eigenvalue weighted by Crippen LogP contribution is 2.24. The molecule has 0 radical (unpaired) electrons. The first-order chi connectivity index (χ1) is 9.11. The summed E-state index contributed by atoms with van der Waals surface area (Å²) in [4.78, 5) is 11.9. The molecule has 100 valence electrons. The molecule has 2 rings (SSSR count). The molecular weight excluding hydrogens is 236 g/mol. The molecule has 19 heavy (non-hydrogen) atoms. The SMILES string of the molecule is CCOC(=O)c1cc(CC(C)C)c2ccccc2c1.